The van der Waals surface area contributed by atoms with E-state index in [-0.39, 0.29) is 70.6 Å². The number of nitrogens with zero attached hydrogens (tertiary/aromatic N) is 3. The predicted octanol–water partition coefficient (Wildman–Crippen LogP) is 10.3. The maximum absolute atomic E-state index is 15.0. The topological polar surface area (TPSA) is 129 Å². The first-order valence-corrected chi connectivity index (χ1v) is 25.8. The number of ether oxygens (including phenoxy) is 2. The molecule has 13 atom stereocenters. The van der Waals surface area contributed by atoms with E-state index in [0.717, 1.165) is 93.5 Å². The number of allylic oxidation sites excluding steroid dienone is 1. The minimum Gasteiger partial charge on any atom is -0.461 e. The van der Waals surface area contributed by atoms with Crippen molar-refractivity contribution in [2.45, 2.75) is 149 Å². The van der Waals surface area contributed by atoms with Crippen molar-refractivity contribution in [1.82, 2.24) is 19.8 Å². The minimum absolute atomic E-state index is 0.0797. The van der Waals surface area contributed by atoms with Crippen LogP contribution in [-0.2, 0) is 42.5 Å². The lowest BCUT2D eigenvalue weighted by atomic mass is 9.38. The third-order valence-corrected chi connectivity index (χ3v) is 18.7. The fourth-order valence-corrected chi connectivity index (χ4v) is 15.1. The van der Waals surface area contributed by atoms with Gasteiger partial charge in [0.2, 0.25) is 5.91 Å². The number of rotatable bonds is 12. The number of aromatic nitrogens is 2. The second kappa shape index (κ2) is 19.6. The van der Waals surface area contributed by atoms with Gasteiger partial charge < -0.3 is 30.0 Å². The summed E-state index contributed by atoms with van der Waals surface area (Å²) < 4.78 is 14.2. The number of hydrogen-bond donors (Lipinski definition) is 2. The number of nitrogens with two attached hydrogens (primary N) is 1. The molecule has 67 heavy (non-hydrogen) atoms. The lowest BCUT2D eigenvalue weighted by molar-refractivity contribution is -0.198. The number of amides is 1. The molecule has 0 spiro atoms. The van der Waals surface area contributed by atoms with Gasteiger partial charge in [0.25, 0.3) is 0 Å². The van der Waals surface area contributed by atoms with Gasteiger partial charge in [0.1, 0.15) is 18.5 Å². The molecular formula is C57H81N5O5. The molecule has 6 saturated carbocycles. The summed E-state index contributed by atoms with van der Waals surface area (Å²) in [6.45, 7) is 18.6. The van der Waals surface area contributed by atoms with Crippen molar-refractivity contribution in [3.63, 3.8) is 0 Å². The van der Waals surface area contributed by atoms with Gasteiger partial charge in [-0.15, -0.1) is 6.58 Å². The van der Waals surface area contributed by atoms with Crippen molar-refractivity contribution in [3.05, 3.63) is 90.9 Å². The number of carbonyl (C=O) groups excluding carboxylic acids is 3. The molecule has 6 fully saturated rings. The molecule has 2 aromatic carbocycles. The van der Waals surface area contributed by atoms with Crippen LogP contribution in [0.25, 0.3) is 11.3 Å². The Balaban J connectivity index is 0.00000198. The lowest BCUT2D eigenvalue weighted by Gasteiger charge is -2.67. The van der Waals surface area contributed by atoms with Crippen LogP contribution in [0.2, 0.25) is 0 Å². The molecular weight excluding hydrogens is 835 g/mol. The van der Waals surface area contributed by atoms with Gasteiger partial charge in [-0.2, -0.15) is 0 Å². The Morgan fingerprint density at radius 2 is 1.52 bits per heavy atom. The van der Waals surface area contributed by atoms with E-state index in [1.807, 2.05) is 50.2 Å². The van der Waals surface area contributed by atoms with Gasteiger partial charge in [0.15, 0.2) is 0 Å². The molecule has 10 heteroatoms. The second-order valence-electron chi connectivity index (χ2n) is 23.0. The number of likely N-dealkylation sites (N-methyl/N-ethyl adjacent to an activating group) is 1. The van der Waals surface area contributed by atoms with E-state index < -0.39 is 5.54 Å². The SMILES string of the molecule is C=CC.CC1C(C(=O)OCc2ccccc2)CC1C(=O)OC1CCC2(C)C(CCC3(C)C4CCC5(C(=O)NC(C)(C)c6nc(-c7ccccc7)cn6CCN(C)C)CCCC5C4CCC23)C1N. The first-order valence-electron chi connectivity index (χ1n) is 25.8. The van der Waals surface area contributed by atoms with Crippen molar-refractivity contribution < 1.29 is 23.9 Å². The summed E-state index contributed by atoms with van der Waals surface area (Å²) in [5.41, 5.74) is 9.48. The van der Waals surface area contributed by atoms with E-state index in [1.165, 1.54) is 12.8 Å². The van der Waals surface area contributed by atoms with Gasteiger partial charge in [-0.05, 0) is 157 Å². The van der Waals surface area contributed by atoms with E-state index in [1.54, 1.807) is 6.08 Å². The molecule has 3 aromatic rings. The smallest absolute Gasteiger partial charge is 0.309 e. The van der Waals surface area contributed by atoms with Gasteiger partial charge in [0, 0.05) is 30.9 Å². The van der Waals surface area contributed by atoms with Crippen LogP contribution >= 0.6 is 0 Å². The monoisotopic (exact) mass is 916 g/mol. The van der Waals surface area contributed by atoms with Gasteiger partial charge in [0.05, 0.1) is 28.5 Å². The molecule has 6 aliphatic carbocycles. The molecule has 3 N–H and O–H groups in total. The van der Waals surface area contributed by atoms with E-state index in [4.69, 9.17) is 20.2 Å². The fourth-order valence-electron chi connectivity index (χ4n) is 15.1. The summed E-state index contributed by atoms with van der Waals surface area (Å²) in [6.07, 6.45) is 15.7. The fraction of sp³-hybridized carbons (Fsp3) is 0.649. The lowest BCUT2D eigenvalue weighted by Crippen LogP contribution is -2.65. The number of esters is 2. The van der Waals surface area contributed by atoms with Crippen molar-refractivity contribution in [2.75, 3.05) is 20.6 Å². The number of fused-ring (bicyclic) bond motifs is 7. The van der Waals surface area contributed by atoms with E-state index >= 15 is 4.79 Å². The highest BCUT2D eigenvalue weighted by atomic mass is 16.5. The zero-order chi connectivity index (χ0) is 47.9. The third-order valence-electron chi connectivity index (χ3n) is 18.7. The Morgan fingerprint density at radius 3 is 2.21 bits per heavy atom. The molecule has 364 valence electrons. The molecule has 0 bridgehead atoms. The Bertz CT molecular complexity index is 2220. The number of benzene rings is 2. The minimum atomic E-state index is -0.646. The Labute approximate surface area is 401 Å². The van der Waals surface area contributed by atoms with Crippen LogP contribution in [0.4, 0.5) is 0 Å². The number of hydrogen-bond acceptors (Lipinski definition) is 8. The van der Waals surface area contributed by atoms with Crippen LogP contribution in [0.15, 0.2) is 79.5 Å². The molecule has 9 rings (SSSR count). The molecule has 1 amide bonds. The molecule has 1 aromatic heterocycles. The Kier molecular flexibility index (Phi) is 14.4. The van der Waals surface area contributed by atoms with E-state index in [9.17, 15) is 9.59 Å². The molecule has 6 aliphatic rings. The number of imidazole rings is 1. The van der Waals surface area contributed by atoms with Gasteiger partial charge in [-0.1, -0.05) is 93.9 Å². The largest absolute Gasteiger partial charge is 0.461 e. The number of nitrogens with one attached hydrogen (secondary N) is 1. The van der Waals surface area contributed by atoms with Crippen LogP contribution in [0, 0.1) is 63.6 Å². The van der Waals surface area contributed by atoms with Crippen LogP contribution in [0.3, 0.4) is 0 Å². The average molecular weight is 916 g/mol. The summed E-state index contributed by atoms with van der Waals surface area (Å²) in [5.74, 6) is 2.40. The van der Waals surface area contributed by atoms with Crippen LogP contribution in [0.1, 0.15) is 130 Å². The first-order chi connectivity index (χ1) is 32.0. The quantitative estimate of drug-likeness (QED) is 0.136. The predicted molar refractivity (Wildman–Crippen MR) is 265 cm³/mol. The van der Waals surface area contributed by atoms with Gasteiger partial charge >= 0.3 is 11.9 Å². The Hall–Kier alpha value is -4.28. The molecule has 0 radical (unpaired) electrons. The average Bonchev–Trinajstić information content (AvgIpc) is 3.96. The van der Waals surface area contributed by atoms with Gasteiger partial charge in [-0.3, -0.25) is 14.4 Å². The summed E-state index contributed by atoms with van der Waals surface area (Å²) in [4.78, 5) is 49.0. The maximum atomic E-state index is 15.0. The summed E-state index contributed by atoms with van der Waals surface area (Å²) in [5, 5.41) is 3.65. The number of carbonyl (C=O) groups is 3. The van der Waals surface area contributed by atoms with E-state index in [2.05, 4.69) is 93.6 Å². The molecule has 10 nitrogen and oxygen atoms in total. The van der Waals surface area contributed by atoms with Crippen molar-refractivity contribution in [2.24, 2.45) is 69.3 Å². The summed E-state index contributed by atoms with van der Waals surface area (Å²) in [7, 11) is 4.19. The first kappa shape index (κ1) is 49.2. The molecule has 13 unspecified atom stereocenters. The Morgan fingerprint density at radius 1 is 0.881 bits per heavy atom. The zero-order valence-corrected chi connectivity index (χ0v) is 42.0. The van der Waals surface area contributed by atoms with Crippen molar-refractivity contribution >= 4 is 17.8 Å². The van der Waals surface area contributed by atoms with Crippen LogP contribution < -0.4 is 11.1 Å². The summed E-state index contributed by atoms with van der Waals surface area (Å²) in [6, 6.07) is 19.9. The molecule has 1 heterocycles. The second-order valence-corrected chi connectivity index (χ2v) is 23.0. The van der Waals surface area contributed by atoms with Gasteiger partial charge in [-0.25, -0.2) is 4.98 Å². The van der Waals surface area contributed by atoms with Crippen molar-refractivity contribution in [3.8, 4) is 11.3 Å². The molecule has 0 saturated heterocycles. The van der Waals surface area contributed by atoms with Crippen molar-refractivity contribution in [1.29, 1.82) is 0 Å². The maximum Gasteiger partial charge on any atom is 0.309 e. The van der Waals surface area contributed by atoms with Crippen LogP contribution in [0.5, 0.6) is 0 Å². The summed E-state index contributed by atoms with van der Waals surface area (Å²) >= 11 is 0. The zero-order valence-electron chi connectivity index (χ0n) is 42.0. The van der Waals surface area contributed by atoms with Crippen LogP contribution in [-0.4, -0.2) is 65.1 Å². The highest BCUT2D eigenvalue weighted by Gasteiger charge is 2.66. The van der Waals surface area contributed by atoms with E-state index in [0.29, 0.717) is 36.0 Å². The highest BCUT2D eigenvalue weighted by molar-refractivity contribution is 5.84. The molecule has 0 aliphatic heterocycles. The standard InChI is InChI=1S/C54H75N5O5.C3H6/c1-34-38(47(60)63-33-35-15-10-8-11-16-35)31-39(34)48(61)64-44-24-27-53(5)42(46(44)55)22-26-52(4)40-23-28-54(25-14-19-41(54)37(40)20-21-45(52)53)50(62)57-51(2,3)49-56-43(36-17-12-9-13-18-36)32-59(49)30-29-58(6)7;1-3-2/h8-13,15-18,32,34,37-42,44-46H,14,19-31,33,55H2,1-7H3,(H,57,62);3H,1H2,2H3. The normalized spacial score (nSPS) is 35.3. The highest BCUT2D eigenvalue weighted by Crippen LogP contribution is 2.71. The third kappa shape index (κ3) is 9.20.